The van der Waals surface area contributed by atoms with E-state index in [-0.39, 0.29) is 0 Å². The fourth-order valence-electron chi connectivity index (χ4n) is 5.76. The summed E-state index contributed by atoms with van der Waals surface area (Å²) >= 11 is 0. The molecule has 4 atom stereocenters. The number of nitrogens with zero attached hydrogens (tertiary/aromatic N) is 1. The highest BCUT2D eigenvalue weighted by atomic mass is 15.2. The maximum atomic E-state index is 4.04. The second kappa shape index (κ2) is 4.74. The molecule has 2 heteroatoms. The second-order valence-corrected chi connectivity index (χ2v) is 7.78. The number of piperidine rings is 1. The molecule has 4 aliphatic rings. The van der Waals surface area contributed by atoms with Gasteiger partial charge in [0.25, 0.3) is 0 Å². The maximum Gasteiger partial charge on any atom is 0.0366 e. The Labute approximate surface area is 127 Å². The lowest BCUT2D eigenvalue weighted by molar-refractivity contribution is 0.369. The summed E-state index contributed by atoms with van der Waals surface area (Å²) < 4.78 is 0. The fourth-order valence-corrected chi connectivity index (χ4v) is 5.76. The number of nitrogens with one attached hydrogen (secondary N) is 1. The zero-order valence-electron chi connectivity index (χ0n) is 12.7. The Kier molecular flexibility index (Phi) is 2.83. The molecule has 21 heavy (non-hydrogen) atoms. The fraction of sp³-hybridized carbons (Fsp3) is 0.684. The summed E-state index contributed by atoms with van der Waals surface area (Å²) in [6.45, 7) is 2.44. The zero-order chi connectivity index (χ0) is 13.8. The number of rotatable bonds is 3. The van der Waals surface area contributed by atoms with Gasteiger partial charge < -0.3 is 10.2 Å². The topological polar surface area (TPSA) is 15.3 Å². The van der Waals surface area contributed by atoms with Crippen molar-refractivity contribution < 1.29 is 0 Å². The molecule has 1 aliphatic heterocycles. The zero-order valence-corrected chi connectivity index (χ0v) is 12.7. The van der Waals surface area contributed by atoms with Gasteiger partial charge in [-0.1, -0.05) is 18.2 Å². The number of para-hydroxylation sites is 1. The average molecular weight is 282 g/mol. The van der Waals surface area contributed by atoms with Crippen molar-refractivity contribution >= 4 is 5.69 Å². The predicted molar refractivity (Wildman–Crippen MR) is 86.4 cm³/mol. The molecule has 112 valence electrons. The van der Waals surface area contributed by atoms with E-state index in [2.05, 4.69) is 40.5 Å². The molecule has 1 aromatic rings. The van der Waals surface area contributed by atoms with Crippen LogP contribution in [0.2, 0.25) is 0 Å². The van der Waals surface area contributed by atoms with E-state index in [9.17, 15) is 0 Å². The smallest absolute Gasteiger partial charge is 0.0366 e. The minimum atomic E-state index is 0.778. The second-order valence-electron chi connectivity index (χ2n) is 7.78. The third-order valence-electron chi connectivity index (χ3n) is 6.78. The lowest BCUT2D eigenvalue weighted by Gasteiger charge is -2.34. The van der Waals surface area contributed by atoms with Gasteiger partial charge >= 0.3 is 0 Å². The van der Waals surface area contributed by atoms with Crippen LogP contribution in [-0.4, -0.2) is 25.2 Å². The van der Waals surface area contributed by atoms with Crippen LogP contribution in [0.5, 0.6) is 0 Å². The molecular formula is C19H26N2. The molecule has 1 aromatic carbocycles. The predicted octanol–water partition coefficient (Wildman–Crippen LogP) is 3.29. The van der Waals surface area contributed by atoms with Crippen LogP contribution >= 0.6 is 0 Å². The van der Waals surface area contributed by atoms with E-state index in [4.69, 9.17) is 0 Å². The van der Waals surface area contributed by atoms with Gasteiger partial charge in [0, 0.05) is 30.9 Å². The quantitative estimate of drug-likeness (QED) is 0.915. The molecule has 0 spiro atoms. The monoisotopic (exact) mass is 282 g/mol. The van der Waals surface area contributed by atoms with Gasteiger partial charge in [-0.05, 0) is 67.9 Å². The Morgan fingerprint density at radius 1 is 0.857 bits per heavy atom. The first-order chi connectivity index (χ1) is 10.4. The average Bonchev–Trinajstić information content (AvgIpc) is 2.93. The van der Waals surface area contributed by atoms with E-state index < -0.39 is 0 Å². The van der Waals surface area contributed by atoms with Crippen molar-refractivity contribution in [2.24, 2.45) is 23.7 Å². The number of hydrogen-bond donors (Lipinski definition) is 1. The summed E-state index contributed by atoms with van der Waals surface area (Å²) in [5.41, 5.74) is 1.40. The van der Waals surface area contributed by atoms with Crippen molar-refractivity contribution in [1.29, 1.82) is 0 Å². The van der Waals surface area contributed by atoms with Crippen LogP contribution in [0.3, 0.4) is 0 Å². The molecule has 2 bridgehead atoms. The Balaban J connectivity index is 1.16. The first-order valence-electron chi connectivity index (χ1n) is 8.96. The minimum Gasteiger partial charge on any atom is -0.371 e. The minimum absolute atomic E-state index is 0.778. The van der Waals surface area contributed by atoms with E-state index in [1.807, 2.05) is 0 Å². The van der Waals surface area contributed by atoms with Gasteiger partial charge in [0.05, 0.1) is 0 Å². The lowest BCUT2D eigenvalue weighted by atomic mass is 10.0. The summed E-state index contributed by atoms with van der Waals surface area (Å²) in [7, 11) is 0. The highest BCUT2D eigenvalue weighted by Gasteiger charge is 2.64. The summed E-state index contributed by atoms with van der Waals surface area (Å²) in [5.74, 6) is 4.36. The van der Waals surface area contributed by atoms with Crippen molar-refractivity contribution in [3.8, 4) is 0 Å². The number of anilines is 1. The molecule has 4 fully saturated rings. The van der Waals surface area contributed by atoms with E-state index in [0.29, 0.717) is 0 Å². The molecule has 4 unspecified atom stereocenters. The molecular weight excluding hydrogens is 256 g/mol. The van der Waals surface area contributed by atoms with E-state index in [1.54, 1.807) is 6.42 Å². The Hall–Kier alpha value is -1.02. The summed E-state index contributed by atoms with van der Waals surface area (Å²) in [6.07, 6.45) is 7.28. The van der Waals surface area contributed by atoms with Gasteiger partial charge in [0.1, 0.15) is 0 Å². The standard InChI is InChI=1S/C19H26N2/c1-2-4-16(5-3-1)21-10-8-15(9-11-21)20-19-17-13-6-7-14(12-13)18(17)19/h1-5,13-15,17-20H,6-12H2. The van der Waals surface area contributed by atoms with Crippen LogP contribution in [0.4, 0.5) is 5.69 Å². The van der Waals surface area contributed by atoms with Crippen molar-refractivity contribution in [3.63, 3.8) is 0 Å². The summed E-state index contributed by atoms with van der Waals surface area (Å²) in [6, 6.07) is 12.6. The number of hydrogen-bond acceptors (Lipinski definition) is 2. The first kappa shape index (κ1) is 12.5. The van der Waals surface area contributed by atoms with Crippen molar-refractivity contribution in [2.45, 2.75) is 44.2 Å². The third-order valence-corrected chi connectivity index (χ3v) is 6.78. The highest BCUT2D eigenvalue weighted by Crippen LogP contribution is 2.65. The molecule has 1 N–H and O–H groups in total. The molecule has 1 saturated heterocycles. The van der Waals surface area contributed by atoms with Crippen molar-refractivity contribution in [2.75, 3.05) is 18.0 Å². The van der Waals surface area contributed by atoms with Gasteiger partial charge in [-0.3, -0.25) is 0 Å². The molecule has 1 heterocycles. The van der Waals surface area contributed by atoms with Gasteiger partial charge in [-0.25, -0.2) is 0 Å². The van der Waals surface area contributed by atoms with Gasteiger partial charge in [0.15, 0.2) is 0 Å². The Morgan fingerprint density at radius 2 is 1.52 bits per heavy atom. The Bertz CT molecular complexity index is 490. The molecule has 0 amide bonds. The molecule has 5 rings (SSSR count). The van der Waals surface area contributed by atoms with Crippen LogP contribution in [-0.2, 0) is 0 Å². The largest absolute Gasteiger partial charge is 0.371 e. The van der Waals surface area contributed by atoms with E-state index in [0.717, 1.165) is 35.8 Å². The third kappa shape index (κ3) is 2.03. The molecule has 0 aromatic heterocycles. The van der Waals surface area contributed by atoms with Crippen LogP contribution in [0.25, 0.3) is 0 Å². The van der Waals surface area contributed by atoms with Crippen molar-refractivity contribution in [3.05, 3.63) is 30.3 Å². The summed E-state index contributed by atoms with van der Waals surface area (Å²) in [5, 5.41) is 4.04. The molecule has 0 radical (unpaired) electrons. The molecule has 3 saturated carbocycles. The summed E-state index contributed by atoms with van der Waals surface area (Å²) in [4.78, 5) is 2.55. The van der Waals surface area contributed by atoms with Crippen LogP contribution in [0.15, 0.2) is 30.3 Å². The van der Waals surface area contributed by atoms with Crippen molar-refractivity contribution in [1.82, 2.24) is 5.32 Å². The SMILES string of the molecule is c1ccc(N2CCC(NC3C4C5CCC(C5)C34)CC2)cc1. The lowest BCUT2D eigenvalue weighted by Crippen LogP contribution is -2.44. The van der Waals surface area contributed by atoms with Crippen LogP contribution < -0.4 is 10.2 Å². The molecule has 3 aliphatic carbocycles. The van der Waals surface area contributed by atoms with Crippen LogP contribution in [0.1, 0.15) is 32.1 Å². The Morgan fingerprint density at radius 3 is 2.19 bits per heavy atom. The van der Waals surface area contributed by atoms with Crippen LogP contribution in [0, 0.1) is 23.7 Å². The normalized spacial score (nSPS) is 41.3. The van der Waals surface area contributed by atoms with E-state index >= 15 is 0 Å². The number of benzene rings is 1. The van der Waals surface area contributed by atoms with Gasteiger partial charge in [-0.2, -0.15) is 0 Å². The van der Waals surface area contributed by atoms with Gasteiger partial charge in [-0.15, -0.1) is 0 Å². The first-order valence-corrected chi connectivity index (χ1v) is 8.96. The van der Waals surface area contributed by atoms with E-state index in [1.165, 1.54) is 44.5 Å². The number of fused-ring (bicyclic) bond motifs is 5. The maximum absolute atomic E-state index is 4.04. The van der Waals surface area contributed by atoms with Gasteiger partial charge in [0.2, 0.25) is 0 Å². The highest BCUT2D eigenvalue weighted by molar-refractivity contribution is 5.46. The molecule has 2 nitrogen and oxygen atoms in total.